The molecule has 6 nitrogen and oxygen atoms in total. The summed E-state index contributed by atoms with van der Waals surface area (Å²) in [7, 11) is 3.45. The third-order valence-electron chi connectivity index (χ3n) is 2.58. The van der Waals surface area contributed by atoms with Gasteiger partial charge < -0.3 is 10.0 Å². The number of hydrogen-bond donors (Lipinski definition) is 1. The van der Waals surface area contributed by atoms with Crippen molar-refractivity contribution in [3.8, 4) is 0 Å². The zero-order valence-corrected chi connectivity index (χ0v) is 11.4. The molecule has 1 N–H and O–H groups in total. The average molecular weight is 272 g/mol. The fourth-order valence-corrected chi connectivity index (χ4v) is 2.45. The lowest BCUT2D eigenvalue weighted by atomic mass is 10.1. The van der Waals surface area contributed by atoms with E-state index in [2.05, 4.69) is 0 Å². The Morgan fingerprint density at radius 3 is 2.39 bits per heavy atom. The van der Waals surface area contributed by atoms with Crippen LogP contribution in [0.15, 0.2) is 11.8 Å². The molecule has 2 amide bonds. The Hall–Kier alpha value is -1.50. The van der Waals surface area contributed by atoms with Crippen LogP contribution in [0.1, 0.15) is 13.3 Å². The third kappa shape index (κ3) is 3.25. The largest absolute Gasteiger partial charge is 0.477 e. The molecule has 0 unspecified atom stereocenters. The molecule has 1 atom stereocenters. The predicted octanol–water partition coefficient (Wildman–Crippen LogP) is 0.355. The number of carbonyl (C=O) groups is 3. The monoisotopic (exact) mass is 272 g/mol. The van der Waals surface area contributed by atoms with Gasteiger partial charge in [0.15, 0.2) is 0 Å². The number of thioether (sulfide) groups is 1. The van der Waals surface area contributed by atoms with Crippen LogP contribution in [0.5, 0.6) is 0 Å². The summed E-state index contributed by atoms with van der Waals surface area (Å²) in [5.41, 5.74) is 0.148. The van der Waals surface area contributed by atoms with Crippen molar-refractivity contribution in [1.82, 2.24) is 9.80 Å². The van der Waals surface area contributed by atoms with Gasteiger partial charge >= 0.3 is 5.97 Å². The van der Waals surface area contributed by atoms with Crippen molar-refractivity contribution >= 4 is 29.5 Å². The Kier molecular flexibility index (Phi) is 4.77. The smallest absolute Gasteiger partial charge is 0.352 e. The van der Waals surface area contributed by atoms with Gasteiger partial charge in [0, 0.05) is 26.8 Å². The molecule has 2 heterocycles. The number of nitrogens with zero attached hydrogens (tertiary/aromatic N) is 2. The van der Waals surface area contributed by atoms with Gasteiger partial charge in [-0.3, -0.25) is 14.5 Å². The molecule has 1 fully saturated rings. The quantitative estimate of drug-likeness (QED) is 0.697. The Morgan fingerprint density at radius 1 is 1.50 bits per heavy atom. The second-order valence-corrected chi connectivity index (χ2v) is 5.27. The highest BCUT2D eigenvalue weighted by Gasteiger charge is 2.42. The van der Waals surface area contributed by atoms with Gasteiger partial charge in [-0.05, 0) is 6.08 Å². The van der Waals surface area contributed by atoms with E-state index in [-0.39, 0.29) is 22.9 Å². The summed E-state index contributed by atoms with van der Waals surface area (Å²) >= 11 is 1.60. The molecule has 7 heteroatoms. The minimum atomic E-state index is -1.01. The van der Waals surface area contributed by atoms with Crippen LogP contribution >= 0.6 is 11.8 Å². The van der Waals surface area contributed by atoms with Crippen LogP contribution in [-0.4, -0.2) is 57.9 Å². The number of rotatable bonds is 1. The van der Waals surface area contributed by atoms with Gasteiger partial charge in [0.2, 0.25) is 11.8 Å². The van der Waals surface area contributed by atoms with Crippen LogP contribution in [0.3, 0.4) is 0 Å². The number of aliphatic carboxylic acids is 1. The Bertz CT molecular complexity index is 406. The van der Waals surface area contributed by atoms with Gasteiger partial charge in [-0.25, -0.2) is 4.79 Å². The van der Waals surface area contributed by atoms with Gasteiger partial charge in [0.25, 0.3) is 0 Å². The zero-order chi connectivity index (χ0) is 13.9. The van der Waals surface area contributed by atoms with E-state index in [0.717, 1.165) is 0 Å². The van der Waals surface area contributed by atoms with Crippen molar-refractivity contribution in [1.29, 1.82) is 0 Å². The number of carbonyl (C=O) groups excluding carboxylic acids is 2. The van der Waals surface area contributed by atoms with Crippen molar-refractivity contribution in [2.75, 3.05) is 19.8 Å². The topological polar surface area (TPSA) is 77.9 Å². The molecule has 0 aromatic rings. The maximum atomic E-state index is 11.0. The summed E-state index contributed by atoms with van der Waals surface area (Å²) in [5.74, 6) is -0.306. The molecule has 1 saturated heterocycles. The van der Waals surface area contributed by atoms with Crippen molar-refractivity contribution in [2.24, 2.45) is 0 Å². The number of carboxylic acid groups (broad SMARTS) is 1. The first kappa shape index (κ1) is 14.6. The second-order valence-electron chi connectivity index (χ2n) is 4.06. The van der Waals surface area contributed by atoms with E-state index in [1.165, 1.54) is 16.7 Å². The number of fused-ring (bicyclic) bond motifs is 1. The number of amides is 2. The SMILES string of the molecule is CC(=O)N(C)C.O=C(O)C1=CCS[C@@H]2CC(=O)N12. The van der Waals surface area contributed by atoms with E-state index < -0.39 is 5.97 Å². The first-order valence-corrected chi connectivity index (χ1v) is 6.44. The summed E-state index contributed by atoms with van der Waals surface area (Å²) < 4.78 is 0. The van der Waals surface area contributed by atoms with E-state index in [0.29, 0.717) is 12.2 Å². The minimum absolute atomic E-state index is 0.0774. The van der Waals surface area contributed by atoms with Crippen molar-refractivity contribution in [3.05, 3.63) is 11.8 Å². The first-order chi connectivity index (χ1) is 8.34. The van der Waals surface area contributed by atoms with E-state index >= 15 is 0 Å². The van der Waals surface area contributed by atoms with E-state index in [9.17, 15) is 14.4 Å². The molecule has 0 aromatic heterocycles. The highest BCUT2D eigenvalue weighted by Crippen LogP contribution is 2.36. The van der Waals surface area contributed by atoms with Gasteiger partial charge in [-0.1, -0.05) is 0 Å². The van der Waals surface area contributed by atoms with Gasteiger partial charge in [-0.15, -0.1) is 11.8 Å². The van der Waals surface area contributed by atoms with E-state index in [1.54, 1.807) is 31.9 Å². The highest BCUT2D eigenvalue weighted by atomic mass is 32.2. The van der Waals surface area contributed by atoms with Crippen LogP contribution in [-0.2, 0) is 14.4 Å². The predicted molar refractivity (Wildman–Crippen MR) is 67.8 cm³/mol. The Balaban J connectivity index is 0.000000232. The van der Waals surface area contributed by atoms with Gasteiger partial charge in [-0.2, -0.15) is 0 Å². The molecule has 0 bridgehead atoms. The Labute approximate surface area is 110 Å². The third-order valence-corrected chi connectivity index (χ3v) is 3.70. The molecule has 18 heavy (non-hydrogen) atoms. The number of hydrogen-bond acceptors (Lipinski definition) is 4. The lowest BCUT2D eigenvalue weighted by Crippen LogP contribution is -2.52. The molecule has 100 valence electrons. The molecule has 0 spiro atoms. The summed E-state index contributed by atoms with van der Waals surface area (Å²) in [6, 6.07) is 0. The second kappa shape index (κ2) is 5.90. The lowest BCUT2D eigenvalue weighted by molar-refractivity contribution is -0.146. The molecule has 0 saturated carbocycles. The zero-order valence-electron chi connectivity index (χ0n) is 10.5. The average Bonchev–Trinajstić information content (AvgIpc) is 2.27. The van der Waals surface area contributed by atoms with Crippen molar-refractivity contribution < 1.29 is 19.5 Å². The van der Waals surface area contributed by atoms with Crippen LogP contribution < -0.4 is 0 Å². The van der Waals surface area contributed by atoms with Crippen LogP contribution in [0, 0.1) is 0 Å². The molecule has 2 rings (SSSR count). The van der Waals surface area contributed by atoms with Crippen LogP contribution in [0.25, 0.3) is 0 Å². The first-order valence-electron chi connectivity index (χ1n) is 5.39. The molecular weight excluding hydrogens is 256 g/mol. The van der Waals surface area contributed by atoms with E-state index in [1.807, 2.05) is 0 Å². The van der Waals surface area contributed by atoms with E-state index in [4.69, 9.17) is 5.11 Å². The van der Waals surface area contributed by atoms with Crippen LogP contribution in [0.2, 0.25) is 0 Å². The fraction of sp³-hybridized carbons (Fsp3) is 0.545. The maximum absolute atomic E-state index is 11.0. The number of carboxylic acids is 1. The maximum Gasteiger partial charge on any atom is 0.352 e. The van der Waals surface area contributed by atoms with Crippen molar-refractivity contribution in [3.63, 3.8) is 0 Å². The standard InChI is InChI=1S/C7H7NO3S.C4H9NO/c9-5-3-6-8(5)4(7(10)11)1-2-12-6;1-4(6)5(2)3/h1,6H,2-3H2,(H,10,11);1-3H3/t6-;/m1./s1. The lowest BCUT2D eigenvalue weighted by Gasteiger charge is -2.42. The minimum Gasteiger partial charge on any atom is -0.477 e. The van der Waals surface area contributed by atoms with Crippen LogP contribution in [0.4, 0.5) is 0 Å². The molecule has 0 radical (unpaired) electrons. The summed E-state index contributed by atoms with van der Waals surface area (Å²) in [6.45, 7) is 1.53. The summed E-state index contributed by atoms with van der Waals surface area (Å²) in [4.78, 5) is 34.6. The molecule has 0 aliphatic carbocycles. The van der Waals surface area contributed by atoms with Gasteiger partial charge in [0.05, 0.1) is 11.8 Å². The molecule has 0 aromatic carbocycles. The normalized spacial score (nSPS) is 20.8. The summed E-state index contributed by atoms with van der Waals surface area (Å²) in [5, 5.41) is 8.78. The number of β-lactam (4-membered cyclic amide) rings is 1. The van der Waals surface area contributed by atoms with Crippen molar-refractivity contribution in [2.45, 2.75) is 18.7 Å². The molecule has 2 aliphatic heterocycles. The molecular formula is C11H16N2O4S. The Morgan fingerprint density at radius 2 is 2.06 bits per heavy atom. The van der Waals surface area contributed by atoms with Gasteiger partial charge in [0.1, 0.15) is 5.70 Å². The highest BCUT2D eigenvalue weighted by molar-refractivity contribution is 8.00. The molecule has 2 aliphatic rings. The summed E-state index contributed by atoms with van der Waals surface area (Å²) in [6.07, 6.45) is 2.07. The fourth-order valence-electron chi connectivity index (χ4n) is 1.34.